The number of anilines is 3. The first-order chi connectivity index (χ1) is 17.3. The lowest BCUT2D eigenvalue weighted by Crippen LogP contribution is -2.33. The van der Waals surface area contributed by atoms with Crippen LogP contribution in [0.1, 0.15) is 12.8 Å². The molecular weight excluding hydrogens is 537 g/mol. The van der Waals surface area contributed by atoms with Crippen molar-refractivity contribution in [3.63, 3.8) is 0 Å². The van der Waals surface area contributed by atoms with Crippen molar-refractivity contribution in [3.8, 4) is 11.5 Å². The van der Waals surface area contributed by atoms with Gasteiger partial charge in [-0.3, -0.25) is 4.79 Å². The van der Waals surface area contributed by atoms with Crippen molar-refractivity contribution in [3.05, 3.63) is 53.0 Å². The summed E-state index contributed by atoms with van der Waals surface area (Å²) >= 11 is 3.43. The number of hydrogen-bond donors (Lipinski definition) is 3. The lowest BCUT2D eigenvalue weighted by molar-refractivity contribution is -0.114. The minimum absolute atomic E-state index is 0.194. The summed E-state index contributed by atoms with van der Waals surface area (Å²) < 4.78 is 26.4. The van der Waals surface area contributed by atoms with Crippen molar-refractivity contribution in [2.45, 2.75) is 18.9 Å². The fourth-order valence-corrected chi connectivity index (χ4v) is 4.35. The largest absolute Gasteiger partial charge is 0.495 e. The Bertz CT molecular complexity index is 1350. The van der Waals surface area contributed by atoms with Crippen LogP contribution < -0.4 is 20.1 Å². The maximum Gasteiger partial charge on any atom is 0.407 e. The zero-order chi connectivity index (χ0) is 25.8. The predicted molar refractivity (Wildman–Crippen MR) is 136 cm³/mol. The molecule has 0 bridgehead atoms. The summed E-state index contributed by atoms with van der Waals surface area (Å²) in [5, 5.41) is 15.5. The van der Waals surface area contributed by atoms with Gasteiger partial charge in [0.05, 0.1) is 37.2 Å². The van der Waals surface area contributed by atoms with E-state index >= 15 is 0 Å². The highest BCUT2D eigenvalue weighted by atomic mass is 79.9. The number of amides is 2. The molecule has 0 spiro atoms. The van der Waals surface area contributed by atoms with Gasteiger partial charge in [-0.05, 0) is 43.2 Å². The van der Waals surface area contributed by atoms with Crippen molar-refractivity contribution in [2.24, 2.45) is 0 Å². The maximum atomic E-state index is 14.7. The fraction of sp³-hybridized carbons (Fsp3) is 0.250. The zero-order valence-electron chi connectivity index (χ0n) is 19.4. The predicted octanol–water partition coefficient (Wildman–Crippen LogP) is 5.09. The van der Waals surface area contributed by atoms with E-state index in [1.54, 1.807) is 25.3 Å². The molecule has 4 rings (SSSR count). The van der Waals surface area contributed by atoms with Crippen molar-refractivity contribution < 1.29 is 28.6 Å². The molecule has 36 heavy (non-hydrogen) atoms. The van der Waals surface area contributed by atoms with E-state index in [9.17, 15) is 19.1 Å². The Morgan fingerprint density at radius 1 is 1.17 bits per heavy atom. The topological polar surface area (TPSA) is 126 Å². The number of nitrogens with zero attached hydrogens (tertiary/aromatic N) is 3. The van der Waals surface area contributed by atoms with Gasteiger partial charge in [-0.1, -0.05) is 15.9 Å². The Morgan fingerprint density at radius 2 is 1.94 bits per heavy atom. The lowest BCUT2D eigenvalue weighted by Gasteiger charge is -2.18. The van der Waals surface area contributed by atoms with Crippen molar-refractivity contribution in [1.82, 2.24) is 14.9 Å². The molecule has 3 N–H and O–H groups in total. The van der Waals surface area contributed by atoms with E-state index in [0.29, 0.717) is 47.5 Å². The highest BCUT2D eigenvalue weighted by molar-refractivity contribution is 9.10. The molecule has 1 aliphatic rings. The summed E-state index contributed by atoms with van der Waals surface area (Å²) in [5.74, 6) is -0.835. The van der Waals surface area contributed by atoms with Crippen molar-refractivity contribution in [2.75, 3.05) is 31.4 Å². The van der Waals surface area contributed by atoms with Crippen LogP contribution in [-0.4, -0.2) is 58.8 Å². The monoisotopic (exact) mass is 559 g/mol. The smallest absolute Gasteiger partial charge is 0.407 e. The van der Waals surface area contributed by atoms with Crippen LogP contribution in [-0.2, 0) is 4.79 Å². The number of likely N-dealkylation sites (tertiary alicyclic amines) is 1. The van der Waals surface area contributed by atoms with E-state index in [2.05, 4.69) is 36.5 Å². The van der Waals surface area contributed by atoms with E-state index in [-0.39, 0.29) is 11.4 Å². The molecule has 2 aromatic carbocycles. The van der Waals surface area contributed by atoms with Crippen LogP contribution in [0, 0.1) is 0 Å². The summed E-state index contributed by atoms with van der Waals surface area (Å²) in [4.78, 5) is 33.6. The molecular formula is C24H23BrFN5O5. The maximum absolute atomic E-state index is 14.7. The third-order valence-electron chi connectivity index (χ3n) is 5.72. The molecule has 0 aliphatic carbocycles. The number of carbonyl (C=O) groups excluding carboxylic acids is 1. The van der Waals surface area contributed by atoms with E-state index in [4.69, 9.17) is 9.47 Å². The second-order valence-electron chi connectivity index (χ2n) is 7.92. The number of carbonyl (C=O) groups is 2. The zero-order valence-corrected chi connectivity index (χ0v) is 21.0. The second-order valence-corrected chi connectivity index (χ2v) is 8.83. The van der Waals surface area contributed by atoms with Crippen molar-refractivity contribution >= 4 is 56.0 Å². The molecule has 3 aromatic rings. The van der Waals surface area contributed by atoms with E-state index < -0.39 is 23.9 Å². The van der Waals surface area contributed by atoms with Crippen LogP contribution in [0.5, 0.6) is 11.5 Å². The molecule has 0 radical (unpaired) electrons. The van der Waals surface area contributed by atoms with Gasteiger partial charge in [-0.25, -0.2) is 19.2 Å². The van der Waals surface area contributed by atoms with Gasteiger partial charge in [0, 0.05) is 22.5 Å². The SMILES string of the molecule is COc1cc2ncnc(Nc3cc(Br)ccc3OC)c2cc1NC(=O)/C(F)=C\[C@H]1CCCN1C(=O)O. The molecule has 2 amide bonds. The van der Waals surface area contributed by atoms with Crippen LogP contribution in [0.15, 0.2) is 53.0 Å². The number of rotatable bonds is 7. The van der Waals surface area contributed by atoms with Crippen LogP contribution in [0.2, 0.25) is 0 Å². The van der Waals surface area contributed by atoms with Crippen LogP contribution >= 0.6 is 15.9 Å². The molecule has 0 saturated carbocycles. The number of fused-ring (bicyclic) bond motifs is 1. The Labute approximate surface area is 214 Å². The Morgan fingerprint density at radius 3 is 2.67 bits per heavy atom. The molecule has 1 aromatic heterocycles. The molecule has 1 fully saturated rings. The Kier molecular flexibility index (Phi) is 7.53. The summed E-state index contributed by atoms with van der Waals surface area (Å²) in [6.45, 7) is 0.294. The second kappa shape index (κ2) is 10.8. The Balaban J connectivity index is 1.66. The number of hydrogen-bond acceptors (Lipinski definition) is 7. The molecule has 12 heteroatoms. The molecule has 10 nitrogen and oxygen atoms in total. The number of aromatic nitrogens is 2. The van der Waals surface area contributed by atoms with Gasteiger partial charge in [-0.15, -0.1) is 0 Å². The summed E-state index contributed by atoms with van der Waals surface area (Å²) in [7, 11) is 2.97. The van der Waals surface area contributed by atoms with Gasteiger partial charge in [0.1, 0.15) is 23.6 Å². The first-order valence-corrected chi connectivity index (χ1v) is 11.7. The first kappa shape index (κ1) is 25.2. The fourth-order valence-electron chi connectivity index (χ4n) is 3.99. The van der Waals surface area contributed by atoms with Gasteiger partial charge < -0.3 is 30.1 Å². The molecule has 1 aliphatic heterocycles. The summed E-state index contributed by atoms with van der Waals surface area (Å²) in [5.41, 5.74) is 1.36. The average Bonchev–Trinajstić information content (AvgIpc) is 3.32. The molecule has 1 atom stereocenters. The number of ether oxygens (including phenoxy) is 2. The highest BCUT2D eigenvalue weighted by Crippen LogP contribution is 2.36. The minimum Gasteiger partial charge on any atom is -0.495 e. The molecule has 1 saturated heterocycles. The van der Waals surface area contributed by atoms with E-state index in [1.807, 2.05) is 12.1 Å². The number of benzene rings is 2. The minimum atomic E-state index is -1.15. The number of nitrogens with one attached hydrogen (secondary N) is 2. The lowest BCUT2D eigenvalue weighted by atomic mass is 10.1. The van der Waals surface area contributed by atoms with Gasteiger partial charge in [-0.2, -0.15) is 0 Å². The summed E-state index contributed by atoms with van der Waals surface area (Å²) in [6.07, 6.45) is 2.29. The van der Waals surface area contributed by atoms with Gasteiger partial charge in [0.25, 0.3) is 5.91 Å². The van der Waals surface area contributed by atoms with Crippen molar-refractivity contribution in [1.29, 1.82) is 0 Å². The van der Waals surface area contributed by atoms with Gasteiger partial charge in [0.15, 0.2) is 5.83 Å². The van der Waals surface area contributed by atoms with Crippen LogP contribution in [0.25, 0.3) is 10.9 Å². The van der Waals surface area contributed by atoms with Gasteiger partial charge >= 0.3 is 6.09 Å². The molecule has 2 heterocycles. The van der Waals surface area contributed by atoms with E-state index in [0.717, 1.165) is 15.4 Å². The van der Waals surface area contributed by atoms with Crippen LogP contribution in [0.3, 0.4) is 0 Å². The Hall–Kier alpha value is -3.93. The quantitative estimate of drug-likeness (QED) is 0.342. The normalized spacial score (nSPS) is 15.6. The van der Waals surface area contributed by atoms with E-state index in [1.165, 1.54) is 13.4 Å². The van der Waals surface area contributed by atoms with Gasteiger partial charge in [0.2, 0.25) is 0 Å². The number of carboxylic acid groups (broad SMARTS) is 1. The first-order valence-electron chi connectivity index (χ1n) is 10.9. The number of methoxy groups -OCH3 is 2. The highest BCUT2D eigenvalue weighted by Gasteiger charge is 2.28. The third-order valence-corrected chi connectivity index (χ3v) is 6.21. The van der Waals surface area contributed by atoms with Crippen LogP contribution in [0.4, 0.5) is 26.4 Å². The molecule has 0 unspecified atom stereocenters. The molecule has 188 valence electrons. The third kappa shape index (κ3) is 5.33. The number of halogens is 2. The summed E-state index contributed by atoms with van der Waals surface area (Å²) in [6, 6.07) is 7.92. The average molecular weight is 560 g/mol. The standard InChI is InChI=1S/C24H23BrFN5O5/c1-35-20-6-5-13(25)8-18(20)29-22-15-10-19(21(36-2)11-17(15)27-12-28-22)30-23(32)16(26)9-14-4-3-7-31(14)24(33)34/h5-6,8-12,14H,3-4,7H2,1-2H3,(H,30,32)(H,33,34)(H,27,28,29)/b16-9+/t14-/m1/s1.